The third-order valence-electron chi connectivity index (χ3n) is 2.91. The Morgan fingerprint density at radius 3 is 2.80 bits per heavy atom. The van der Waals surface area contributed by atoms with Crippen LogP contribution in [0.2, 0.25) is 0 Å². The molecule has 0 amide bonds. The lowest BCUT2D eigenvalue weighted by atomic mass is 10.1. The Balaban J connectivity index is 2.21. The smallest absolute Gasteiger partial charge is 0.133 e. The van der Waals surface area contributed by atoms with Crippen molar-refractivity contribution < 1.29 is 0 Å². The van der Waals surface area contributed by atoms with Crippen LogP contribution in [0.25, 0.3) is 0 Å². The predicted octanol–water partition coefficient (Wildman–Crippen LogP) is 3.31. The molecule has 0 saturated heterocycles. The van der Waals surface area contributed by atoms with Gasteiger partial charge >= 0.3 is 0 Å². The highest BCUT2D eigenvalue weighted by Crippen LogP contribution is 2.18. The van der Waals surface area contributed by atoms with E-state index in [0.717, 1.165) is 28.2 Å². The van der Waals surface area contributed by atoms with Crippen molar-refractivity contribution >= 4 is 21.7 Å². The molecule has 0 bridgehead atoms. The minimum Gasteiger partial charge on any atom is -0.355 e. The fourth-order valence-corrected chi connectivity index (χ4v) is 2.31. The molecule has 0 aliphatic rings. The molecular weight excluding hydrogens is 316 g/mol. The number of halogens is 1. The minimum atomic E-state index is 0.675. The zero-order valence-corrected chi connectivity index (χ0v) is 13.1. The van der Waals surface area contributed by atoms with Gasteiger partial charge in [0.05, 0.1) is 11.6 Å². The number of anilines is 1. The summed E-state index contributed by atoms with van der Waals surface area (Å²) in [6, 6.07) is 11.7. The van der Waals surface area contributed by atoms with E-state index in [1.807, 2.05) is 43.1 Å². The number of rotatable bonds is 4. The monoisotopic (exact) mass is 330 g/mol. The molecule has 4 nitrogen and oxygen atoms in total. The van der Waals surface area contributed by atoms with Gasteiger partial charge in [-0.15, -0.1) is 0 Å². The van der Waals surface area contributed by atoms with E-state index in [1.165, 1.54) is 0 Å². The Kier molecular flexibility index (Phi) is 4.70. The first-order valence-electron chi connectivity index (χ1n) is 6.36. The number of hydrogen-bond acceptors (Lipinski definition) is 4. The standard InChI is InChI=1S/C15H15BrN4/c1-3-14-18-13(16)8-15(19-14)20(2)10-12-6-4-5-11(7-12)9-17/h4-8H,3,10H2,1-2H3. The van der Waals surface area contributed by atoms with Gasteiger partial charge in [-0.3, -0.25) is 0 Å². The number of aromatic nitrogens is 2. The first-order chi connectivity index (χ1) is 9.62. The number of hydrogen-bond donors (Lipinski definition) is 0. The van der Waals surface area contributed by atoms with E-state index in [0.29, 0.717) is 12.1 Å². The zero-order chi connectivity index (χ0) is 14.5. The molecule has 1 aromatic heterocycles. The van der Waals surface area contributed by atoms with Crippen LogP contribution in [0.4, 0.5) is 5.82 Å². The maximum atomic E-state index is 8.93. The summed E-state index contributed by atoms with van der Waals surface area (Å²) >= 11 is 3.41. The Bertz CT molecular complexity index is 649. The average Bonchev–Trinajstić information content (AvgIpc) is 2.46. The van der Waals surface area contributed by atoms with Gasteiger partial charge in [-0.2, -0.15) is 5.26 Å². The molecule has 0 unspecified atom stereocenters. The Labute approximate surface area is 127 Å². The van der Waals surface area contributed by atoms with E-state index in [1.54, 1.807) is 6.07 Å². The molecule has 5 heteroatoms. The molecular formula is C15H15BrN4. The molecule has 0 saturated carbocycles. The third kappa shape index (κ3) is 3.55. The second-order valence-electron chi connectivity index (χ2n) is 4.49. The summed E-state index contributed by atoms with van der Waals surface area (Å²) in [4.78, 5) is 10.9. The molecule has 102 valence electrons. The van der Waals surface area contributed by atoms with E-state index in [2.05, 4.69) is 32.0 Å². The van der Waals surface area contributed by atoms with Gasteiger partial charge in [0.15, 0.2) is 0 Å². The van der Waals surface area contributed by atoms with Crippen LogP contribution in [-0.2, 0) is 13.0 Å². The van der Waals surface area contributed by atoms with Crippen LogP contribution < -0.4 is 4.90 Å². The summed E-state index contributed by atoms with van der Waals surface area (Å²) in [5, 5.41) is 8.93. The minimum absolute atomic E-state index is 0.675. The predicted molar refractivity (Wildman–Crippen MR) is 82.4 cm³/mol. The van der Waals surface area contributed by atoms with Crippen molar-refractivity contribution in [3.05, 3.63) is 51.9 Å². The van der Waals surface area contributed by atoms with E-state index in [-0.39, 0.29) is 0 Å². The van der Waals surface area contributed by atoms with Crippen LogP contribution in [-0.4, -0.2) is 17.0 Å². The first-order valence-corrected chi connectivity index (χ1v) is 7.15. The van der Waals surface area contributed by atoms with Crippen molar-refractivity contribution in [1.82, 2.24) is 9.97 Å². The maximum absolute atomic E-state index is 8.93. The van der Waals surface area contributed by atoms with E-state index in [9.17, 15) is 0 Å². The van der Waals surface area contributed by atoms with E-state index in [4.69, 9.17) is 5.26 Å². The normalized spacial score (nSPS) is 10.1. The largest absolute Gasteiger partial charge is 0.355 e. The highest BCUT2D eigenvalue weighted by atomic mass is 79.9. The topological polar surface area (TPSA) is 52.8 Å². The van der Waals surface area contributed by atoms with Crippen LogP contribution in [0.15, 0.2) is 34.9 Å². The Hall–Kier alpha value is -1.93. The average molecular weight is 331 g/mol. The fraction of sp³-hybridized carbons (Fsp3) is 0.267. The van der Waals surface area contributed by atoms with Gasteiger partial charge in [-0.05, 0) is 33.6 Å². The maximum Gasteiger partial charge on any atom is 0.133 e. The van der Waals surface area contributed by atoms with Gasteiger partial charge < -0.3 is 4.90 Å². The van der Waals surface area contributed by atoms with Crippen LogP contribution in [0.5, 0.6) is 0 Å². The SMILES string of the molecule is CCc1nc(Br)cc(N(C)Cc2cccc(C#N)c2)n1. The van der Waals surface area contributed by atoms with Crippen molar-refractivity contribution in [2.75, 3.05) is 11.9 Å². The third-order valence-corrected chi connectivity index (χ3v) is 3.32. The number of nitriles is 1. The molecule has 0 spiro atoms. The Morgan fingerprint density at radius 1 is 1.30 bits per heavy atom. The van der Waals surface area contributed by atoms with Crippen molar-refractivity contribution in [1.29, 1.82) is 5.26 Å². The van der Waals surface area contributed by atoms with E-state index >= 15 is 0 Å². The first kappa shape index (κ1) is 14.5. The number of aryl methyl sites for hydroxylation is 1. The molecule has 2 rings (SSSR count). The molecule has 2 aromatic rings. The molecule has 1 heterocycles. The van der Waals surface area contributed by atoms with Crippen LogP contribution in [0, 0.1) is 11.3 Å². The number of nitrogens with zero attached hydrogens (tertiary/aromatic N) is 4. The summed E-state index contributed by atoms with van der Waals surface area (Å²) in [6.45, 7) is 2.73. The fourth-order valence-electron chi connectivity index (χ4n) is 1.90. The molecule has 0 N–H and O–H groups in total. The zero-order valence-electron chi connectivity index (χ0n) is 11.5. The van der Waals surface area contributed by atoms with Crippen LogP contribution in [0.3, 0.4) is 0 Å². The molecule has 20 heavy (non-hydrogen) atoms. The summed E-state index contributed by atoms with van der Waals surface area (Å²) < 4.78 is 0.789. The van der Waals surface area contributed by atoms with Gasteiger partial charge in [0.2, 0.25) is 0 Å². The van der Waals surface area contributed by atoms with Crippen LogP contribution in [0.1, 0.15) is 23.9 Å². The number of benzene rings is 1. The van der Waals surface area contributed by atoms with Gasteiger partial charge in [0, 0.05) is 26.1 Å². The molecule has 1 aromatic carbocycles. The van der Waals surface area contributed by atoms with Gasteiger partial charge in [-0.25, -0.2) is 9.97 Å². The quantitative estimate of drug-likeness (QED) is 0.807. The summed E-state index contributed by atoms with van der Waals surface area (Å²) in [5.74, 6) is 1.68. The molecule has 0 fully saturated rings. The van der Waals surface area contributed by atoms with Gasteiger partial charge in [0.1, 0.15) is 16.2 Å². The van der Waals surface area contributed by atoms with Gasteiger partial charge in [0.25, 0.3) is 0 Å². The second-order valence-corrected chi connectivity index (χ2v) is 5.30. The lowest BCUT2D eigenvalue weighted by Crippen LogP contribution is -2.18. The Morgan fingerprint density at radius 2 is 2.10 bits per heavy atom. The molecule has 0 aliphatic carbocycles. The highest BCUT2D eigenvalue weighted by Gasteiger charge is 2.07. The summed E-state index contributed by atoms with van der Waals surface area (Å²) in [7, 11) is 1.98. The lowest BCUT2D eigenvalue weighted by molar-refractivity contribution is 0.853. The second kappa shape index (κ2) is 6.49. The van der Waals surface area contributed by atoms with E-state index < -0.39 is 0 Å². The molecule has 0 aliphatic heterocycles. The van der Waals surface area contributed by atoms with Crippen LogP contribution >= 0.6 is 15.9 Å². The van der Waals surface area contributed by atoms with Crippen molar-refractivity contribution in [3.63, 3.8) is 0 Å². The molecule has 0 atom stereocenters. The summed E-state index contributed by atoms with van der Waals surface area (Å²) in [6.07, 6.45) is 0.796. The van der Waals surface area contributed by atoms with Crippen molar-refractivity contribution in [2.24, 2.45) is 0 Å². The molecule has 0 radical (unpaired) electrons. The highest BCUT2D eigenvalue weighted by molar-refractivity contribution is 9.10. The summed E-state index contributed by atoms with van der Waals surface area (Å²) in [5.41, 5.74) is 1.76. The van der Waals surface area contributed by atoms with Gasteiger partial charge in [-0.1, -0.05) is 19.1 Å². The van der Waals surface area contributed by atoms with Crippen molar-refractivity contribution in [3.8, 4) is 6.07 Å². The van der Waals surface area contributed by atoms with Crippen molar-refractivity contribution in [2.45, 2.75) is 19.9 Å². The lowest BCUT2D eigenvalue weighted by Gasteiger charge is -2.19.